The quantitative estimate of drug-likeness (QED) is 0.205. The summed E-state index contributed by atoms with van der Waals surface area (Å²) in [6.07, 6.45) is 1.39. The van der Waals surface area contributed by atoms with Gasteiger partial charge in [0.25, 0.3) is 5.91 Å². The summed E-state index contributed by atoms with van der Waals surface area (Å²) in [5.74, 6) is -1.54. The predicted octanol–water partition coefficient (Wildman–Crippen LogP) is 5.27. The first-order valence-electron chi connectivity index (χ1n) is 9.91. The summed E-state index contributed by atoms with van der Waals surface area (Å²) in [5.41, 5.74) is 4.17. The molecule has 0 heterocycles. The van der Waals surface area contributed by atoms with Gasteiger partial charge in [-0.05, 0) is 48.0 Å². The molecule has 0 unspecified atom stereocenters. The molecule has 0 bridgehead atoms. The van der Waals surface area contributed by atoms with E-state index in [1.54, 1.807) is 24.3 Å². The number of rotatable bonds is 5. The molecule has 1 N–H and O–H groups in total. The summed E-state index contributed by atoms with van der Waals surface area (Å²) in [6.45, 7) is 1.93. The molecule has 4 rings (SSSR count). The van der Waals surface area contributed by atoms with Crippen molar-refractivity contribution in [2.45, 2.75) is 6.92 Å². The third-order valence-electron chi connectivity index (χ3n) is 4.90. The third kappa shape index (κ3) is 4.54. The first-order chi connectivity index (χ1) is 15.5. The lowest BCUT2D eigenvalue weighted by Gasteiger charge is -2.11. The second-order valence-electron chi connectivity index (χ2n) is 7.13. The Morgan fingerprint density at radius 3 is 2.41 bits per heavy atom. The molecule has 0 aromatic heterocycles. The molecule has 1 amide bonds. The summed E-state index contributed by atoms with van der Waals surface area (Å²) < 4.78 is 19.5. The van der Waals surface area contributed by atoms with Crippen molar-refractivity contribution < 1.29 is 18.7 Å². The highest BCUT2D eigenvalue weighted by atomic mass is 19.1. The van der Waals surface area contributed by atoms with Gasteiger partial charge >= 0.3 is 5.97 Å². The highest BCUT2D eigenvalue weighted by Crippen LogP contribution is 2.27. The normalized spacial score (nSPS) is 10.9. The van der Waals surface area contributed by atoms with E-state index in [1.165, 1.54) is 24.4 Å². The largest absolute Gasteiger partial charge is 0.422 e. The fraction of sp³-hybridized carbons (Fsp3) is 0.0385. The van der Waals surface area contributed by atoms with Crippen LogP contribution in [0, 0.1) is 12.7 Å². The van der Waals surface area contributed by atoms with Crippen LogP contribution in [-0.4, -0.2) is 18.1 Å². The first kappa shape index (κ1) is 20.9. The minimum Gasteiger partial charge on any atom is -0.422 e. The molecule has 0 saturated heterocycles. The minimum atomic E-state index is -0.683. The number of amides is 1. The van der Waals surface area contributed by atoms with Gasteiger partial charge < -0.3 is 4.74 Å². The molecule has 0 atom stereocenters. The Kier molecular flexibility index (Phi) is 6.03. The number of benzene rings is 4. The molecule has 0 spiro atoms. The van der Waals surface area contributed by atoms with Crippen LogP contribution >= 0.6 is 0 Å². The van der Waals surface area contributed by atoms with Crippen molar-refractivity contribution in [2.24, 2.45) is 5.10 Å². The van der Waals surface area contributed by atoms with Crippen LogP contribution in [0.15, 0.2) is 90.0 Å². The van der Waals surface area contributed by atoms with E-state index in [9.17, 15) is 14.0 Å². The molecule has 0 aliphatic heterocycles. The maximum Gasteiger partial charge on any atom is 0.343 e. The van der Waals surface area contributed by atoms with Crippen LogP contribution in [0.4, 0.5) is 4.39 Å². The zero-order valence-electron chi connectivity index (χ0n) is 17.2. The molecule has 0 fully saturated rings. The fourth-order valence-corrected chi connectivity index (χ4v) is 3.21. The zero-order valence-corrected chi connectivity index (χ0v) is 17.2. The predicted molar refractivity (Wildman–Crippen MR) is 122 cm³/mol. The number of ether oxygens (including phenoxy) is 1. The molecule has 6 heteroatoms. The van der Waals surface area contributed by atoms with E-state index in [4.69, 9.17) is 4.74 Å². The van der Waals surface area contributed by atoms with Gasteiger partial charge in [-0.2, -0.15) is 5.10 Å². The molecular weight excluding hydrogens is 407 g/mol. The van der Waals surface area contributed by atoms with Crippen LogP contribution in [0.1, 0.15) is 31.8 Å². The van der Waals surface area contributed by atoms with E-state index in [2.05, 4.69) is 10.5 Å². The zero-order chi connectivity index (χ0) is 22.5. The van der Waals surface area contributed by atoms with E-state index >= 15 is 0 Å². The molecule has 4 aromatic carbocycles. The average Bonchev–Trinajstić information content (AvgIpc) is 2.80. The summed E-state index contributed by atoms with van der Waals surface area (Å²) in [7, 11) is 0. The Hall–Kier alpha value is -4.32. The van der Waals surface area contributed by atoms with E-state index < -0.39 is 17.7 Å². The highest BCUT2D eigenvalue weighted by molar-refractivity contribution is 6.04. The van der Waals surface area contributed by atoms with E-state index in [0.717, 1.165) is 16.3 Å². The number of hydrogen-bond acceptors (Lipinski definition) is 4. The van der Waals surface area contributed by atoms with Gasteiger partial charge in [-0.3, -0.25) is 4.79 Å². The number of nitrogens with one attached hydrogen (secondary N) is 1. The van der Waals surface area contributed by atoms with Crippen molar-refractivity contribution in [2.75, 3.05) is 0 Å². The molecule has 0 saturated carbocycles. The standard InChI is InChI=1S/C26H19FN2O3/c1-17-10-12-19(13-11-17)26(31)32-24-15-14-18-6-2-3-7-20(18)22(24)16-28-29-25(30)21-8-4-5-9-23(21)27/h2-16H,1H3,(H,29,30). The Balaban J connectivity index is 1.63. The Labute approximate surface area is 184 Å². The SMILES string of the molecule is Cc1ccc(C(=O)Oc2ccc3ccccc3c2C=NNC(=O)c2ccccc2F)cc1. The number of fused-ring (bicyclic) bond motifs is 1. The first-order valence-corrected chi connectivity index (χ1v) is 9.91. The van der Waals surface area contributed by atoms with Gasteiger partial charge in [-0.25, -0.2) is 14.6 Å². The van der Waals surface area contributed by atoms with E-state index in [1.807, 2.05) is 49.4 Å². The van der Waals surface area contributed by atoms with Crippen LogP contribution in [-0.2, 0) is 0 Å². The van der Waals surface area contributed by atoms with Crippen molar-refractivity contribution in [3.8, 4) is 5.75 Å². The lowest BCUT2D eigenvalue weighted by Crippen LogP contribution is -2.19. The Morgan fingerprint density at radius 2 is 1.62 bits per heavy atom. The van der Waals surface area contributed by atoms with Gasteiger partial charge in [0.1, 0.15) is 11.6 Å². The van der Waals surface area contributed by atoms with Gasteiger partial charge in [0, 0.05) is 5.56 Å². The number of halogens is 1. The molecule has 158 valence electrons. The summed E-state index contributed by atoms with van der Waals surface area (Å²) in [6, 6.07) is 23.7. The van der Waals surface area contributed by atoms with Crippen LogP contribution in [0.3, 0.4) is 0 Å². The molecule has 0 radical (unpaired) electrons. The maximum atomic E-state index is 13.8. The highest BCUT2D eigenvalue weighted by Gasteiger charge is 2.14. The molecule has 32 heavy (non-hydrogen) atoms. The van der Waals surface area contributed by atoms with Crippen molar-refractivity contribution in [1.82, 2.24) is 5.43 Å². The number of hydrogen-bond donors (Lipinski definition) is 1. The minimum absolute atomic E-state index is 0.117. The molecule has 5 nitrogen and oxygen atoms in total. The number of carbonyl (C=O) groups is 2. The molecular formula is C26H19FN2O3. The van der Waals surface area contributed by atoms with Gasteiger partial charge in [-0.1, -0.05) is 60.2 Å². The summed E-state index contributed by atoms with van der Waals surface area (Å²) in [4.78, 5) is 24.9. The van der Waals surface area contributed by atoms with E-state index in [0.29, 0.717) is 11.1 Å². The monoisotopic (exact) mass is 426 g/mol. The van der Waals surface area contributed by atoms with Gasteiger partial charge in [0.15, 0.2) is 0 Å². The number of carbonyl (C=O) groups excluding carboxylic acids is 2. The second-order valence-corrected chi connectivity index (χ2v) is 7.13. The Bertz CT molecular complexity index is 1330. The average molecular weight is 426 g/mol. The van der Waals surface area contributed by atoms with Crippen LogP contribution in [0.5, 0.6) is 5.75 Å². The smallest absolute Gasteiger partial charge is 0.343 e. The van der Waals surface area contributed by atoms with Crippen molar-refractivity contribution >= 4 is 28.9 Å². The molecule has 0 aliphatic carbocycles. The lowest BCUT2D eigenvalue weighted by atomic mass is 10.0. The summed E-state index contributed by atoms with van der Waals surface area (Å²) >= 11 is 0. The number of hydrazone groups is 1. The number of esters is 1. The Morgan fingerprint density at radius 1 is 0.906 bits per heavy atom. The van der Waals surface area contributed by atoms with Gasteiger partial charge in [0.2, 0.25) is 0 Å². The lowest BCUT2D eigenvalue weighted by molar-refractivity contribution is 0.0734. The van der Waals surface area contributed by atoms with Crippen molar-refractivity contribution in [3.05, 3.63) is 113 Å². The van der Waals surface area contributed by atoms with Gasteiger partial charge in [-0.15, -0.1) is 0 Å². The number of nitrogens with zero attached hydrogens (tertiary/aromatic N) is 1. The second kappa shape index (κ2) is 9.22. The third-order valence-corrected chi connectivity index (χ3v) is 4.90. The van der Waals surface area contributed by atoms with Gasteiger partial charge in [0.05, 0.1) is 17.3 Å². The summed E-state index contributed by atoms with van der Waals surface area (Å²) in [5, 5.41) is 5.67. The molecule has 4 aromatic rings. The topological polar surface area (TPSA) is 67.8 Å². The van der Waals surface area contributed by atoms with Crippen LogP contribution in [0.2, 0.25) is 0 Å². The number of aryl methyl sites for hydroxylation is 1. The fourth-order valence-electron chi connectivity index (χ4n) is 3.21. The maximum absolute atomic E-state index is 13.8. The van der Waals surface area contributed by atoms with Crippen LogP contribution in [0.25, 0.3) is 10.8 Å². The molecule has 0 aliphatic rings. The van der Waals surface area contributed by atoms with Crippen molar-refractivity contribution in [1.29, 1.82) is 0 Å². The van der Waals surface area contributed by atoms with E-state index in [-0.39, 0.29) is 11.3 Å². The van der Waals surface area contributed by atoms with Crippen LogP contribution < -0.4 is 10.2 Å². The van der Waals surface area contributed by atoms with Crippen molar-refractivity contribution in [3.63, 3.8) is 0 Å².